The van der Waals surface area contributed by atoms with Crippen molar-refractivity contribution in [1.82, 2.24) is 5.32 Å². The Morgan fingerprint density at radius 3 is 2.55 bits per heavy atom. The summed E-state index contributed by atoms with van der Waals surface area (Å²) in [6, 6.07) is 11.0. The first-order valence-electron chi connectivity index (χ1n) is 7.19. The van der Waals surface area contributed by atoms with Crippen LogP contribution in [-0.4, -0.2) is 18.5 Å². The van der Waals surface area contributed by atoms with Crippen LogP contribution in [-0.2, 0) is 16.0 Å². The number of aryl methyl sites for hydroxylation is 1. The van der Waals surface area contributed by atoms with E-state index >= 15 is 0 Å². The van der Waals surface area contributed by atoms with Gasteiger partial charge in [-0.15, -0.1) is 11.3 Å². The number of carbonyl (C=O) groups is 2. The van der Waals surface area contributed by atoms with E-state index < -0.39 is 5.97 Å². The molecule has 5 heteroatoms. The molecule has 22 heavy (non-hydrogen) atoms. The summed E-state index contributed by atoms with van der Waals surface area (Å²) in [6.07, 6.45) is 0.915. The summed E-state index contributed by atoms with van der Waals surface area (Å²) in [5.74, 6) is -0.791. The number of hydrogen-bond acceptors (Lipinski definition) is 4. The Morgan fingerprint density at radius 1 is 1.23 bits per heavy atom. The van der Waals surface area contributed by atoms with E-state index in [0.717, 1.165) is 16.9 Å². The van der Waals surface area contributed by atoms with E-state index in [2.05, 4.69) is 5.32 Å². The zero-order valence-corrected chi connectivity index (χ0v) is 13.5. The fraction of sp³-hybridized carbons (Fsp3) is 0.294. The van der Waals surface area contributed by atoms with E-state index in [1.54, 1.807) is 23.5 Å². The third-order valence-electron chi connectivity index (χ3n) is 3.28. The number of benzene rings is 1. The van der Waals surface area contributed by atoms with Crippen LogP contribution in [0.25, 0.3) is 0 Å². The molecule has 0 fully saturated rings. The molecule has 1 heterocycles. The maximum atomic E-state index is 11.9. The van der Waals surface area contributed by atoms with Gasteiger partial charge in [-0.2, -0.15) is 0 Å². The van der Waals surface area contributed by atoms with Crippen molar-refractivity contribution in [2.45, 2.75) is 26.3 Å². The van der Waals surface area contributed by atoms with E-state index in [0.29, 0.717) is 5.56 Å². The van der Waals surface area contributed by atoms with Crippen molar-refractivity contribution in [3.8, 4) is 0 Å². The smallest absolute Gasteiger partial charge is 0.338 e. The molecule has 0 saturated heterocycles. The molecule has 0 aliphatic carbocycles. The lowest BCUT2D eigenvalue weighted by molar-refractivity contribution is -0.124. The maximum Gasteiger partial charge on any atom is 0.338 e. The molecule has 4 nitrogen and oxygen atoms in total. The van der Waals surface area contributed by atoms with E-state index in [4.69, 9.17) is 4.74 Å². The van der Waals surface area contributed by atoms with Gasteiger partial charge >= 0.3 is 5.97 Å². The Bertz CT molecular complexity index is 620. The Balaban J connectivity index is 1.81. The van der Waals surface area contributed by atoms with Gasteiger partial charge in [0.15, 0.2) is 6.61 Å². The summed E-state index contributed by atoms with van der Waals surface area (Å²) in [5.41, 5.74) is 1.61. The molecule has 1 amide bonds. The van der Waals surface area contributed by atoms with Crippen LogP contribution in [0.2, 0.25) is 0 Å². The lowest BCUT2D eigenvalue weighted by Crippen LogP contribution is -2.30. The number of carbonyl (C=O) groups excluding carboxylic acids is 2. The molecule has 0 aliphatic rings. The van der Waals surface area contributed by atoms with Gasteiger partial charge in [0, 0.05) is 4.88 Å². The normalized spacial score (nSPS) is 11.7. The number of thiophene rings is 1. The van der Waals surface area contributed by atoms with Crippen LogP contribution in [0.4, 0.5) is 0 Å². The van der Waals surface area contributed by atoms with Crippen molar-refractivity contribution in [1.29, 1.82) is 0 Å². The number of amides is 1. The molecule has 2 aromatic rings. The standard InChI is InChI=1S/C17H19NO3S/c1-3-13-6-8-14(9-7-13)17(20)21-11-16(19)18-12(2)15-5-4-10-22-15/h4-10,12H,3,11H2,1-2H3,(H,18,19). The van der Waals surface area contributed by atoms with Gasteiger partial charge in [0.05, 0.1) is 11.6 Å². The zero-order chi connectivity index (χ0) is 15.9. The molecule has 1 N–H and O–H groups in total. The van der Waals surface area contributed by atoms with Crippen LogP contribution < -0.4 is 5.32 Å². The van der Waals surface area contributed by atoms with Crippen molar-refractivity contribution < 1.29 is 14.3 Å². The second kappa shape index (κ2) is 7.75. The van der Waals surface area contributed by atoms with Crippen LogP contribution in [0.3, 0.4) is 0 Å². The van der Waals surface area contributed by atoms with Crippen molar-refractivity contribution in [3.05, 3.63) is 57.8 Å². The lowest BCUT2D eigenvalue weighted by atomic mass is 10.1. The van der Waals surface area contributed by atoms with Crippen LogP contribution in [0.15, 0.2) is 41.8 Å². The highest BCUT2D eigenvalue weighted by atomic mass is 32.1. The van der Waals surface area contributed by atoms with E-state index in [-0.39, 0.29) is 18.6 Å². The van der Waals surface area contributed by atoms with E-state index in [1.165, 1.54) is 0 Å². The van der Waals surface area contributed by atoms with Gasteiger partial charge in [-0.3, -0.25) is 4.79 Å². The van der Waals surface area contributed by atoms with Crippen molar-refractivity contribution in [2.24, 2.45) is 0 Å². The molecule has 2 rings (SSSR count). The summed E-state index contributed by atoms with van der Waals surface area (Å²) in [4.78, 5) is 24.7. The second-order valence-electron chi connectivity index (χ2n) is 4.93. The Morgan fingerprint density at radius 2 is 1.95 bits per heavy atom. The average molecular weight is 317 g/mol. The lowest BCUT2D eigenvalue weighted by Gasteiger charge is -2.12. The Hall–Kier alpha value is -2.14. The summed E-state index contributed by atoms with van der Waals surface area (Å²) in [5, 5.41) is 4.76. The first kappa shape index (κ1) is 16.2. The third-order valence-corrected chi connectivity index (χ3v) is 4.33. The maximum absolute atomic E-state index is 11.9. The molecule has 116 valence electrons. The molecule has 1 aromatic carbocycles. The molecule has 0 radical (unpaired) electrons. The average Bonchev–Trinajstić information content (AvgIpc) is 3.07. The van der Waals surface area contributed by atoms with Gasteiger partial charge in [0.2, 0.25) is 0 Å². The van der Waals surface area contributed by atoms with Gasteiger partial charge in [-0.25, -0.2) is 4.79 Å². The molecule has 0 spiro atoms. The van der Waals surface area contributed by atoms with Gasteiger partial charge in [-0.1, -0.05) is 25.1 Å². The molecule has 0 bridgehead atoms. The number of rotatable bonds is 6. The third kappa shape index (κ3) is 4.43. The highest BCUT2D eigenvalue weighted by molar-refractivity contribution is 7.10. The molecule has 1 aromatic heterocycles. The highest BCUT2D eigenvalue weighted by Gasteiger charge is 2.13. The first-order chi connectivity index (χ1) is 10.6. The van der Waals surface area contributed by atoms with Crippen LogP contribution in [0.1, 0.15) is 40.7 Å². The number of ether oxygens (including phenoxy) is 1. The quantitative estimate of drug-likeness (QED) is 0.831. The highest BCUT2D eigenvalue weighted by Crippen LogP contribution is 2.17. The summed E-state index contributed by atoms with van der Waals surface area (Å²) >= 11 is 1.58. The molecule has 1 unspecified atom stereocenters. The molecule has 0 aliphatic heterocycles. The number of esters is 1. The predicted octanol–water partition coefficient (Wildman–Crippen LogP) is 3.34. The topological polar surface area (TPSA) is 55.4 Å². The van der Waals surface area contributed by atoms with Gasteiger partial charge < -0.3 is 10.1 Å². The minimum absolute atomic E-state index is 0.0879. The van der Waals surface area contributed by atoms with Crippen molar-refractivity contribution >= 4 is 23.2 Å². The molecule has 1 atom stereocenters. The van der Waals surface area contributed by atoms with Gasteiger partial charge in [0.1, 0.15) is 0 Å². The minimum Gasteiger partial charge on any atom is -0.452 e. The summed E-state index contributed by atoms with van der Waals surface area (Å²) in [7, 11) is 0. The van der Waals surface area contributed by atoms with Crippen molar-refractivity contribution in [3.63, 3.8) is 0 Å². The minimum atomic E-state index is -0.485. The summed E-state index contributed by atoms with van der Waals surface area (Å²) < 4.78 is 5.03. The second-order valence-corrected chi connectivity index (χ2v) is 5.91. The molecular formula is C17H19NO3S. The monoisotopic (exact) mass is 317 g/mol. The molecule has 0 saturated carbocycles. The summed E-state index contributed by atoms with van der Waals surface area (Å²) in [6.45, 7) is 3.67. The van der Waals surface area contributed by atoms with E-state index in [9.17, 15) is 9.59 Å². The first-order valence-corrected chi connectivity index (χ1v) is 8.07. The zero-order valence-electron chi connectivity index (χ0n) is 12.7. The largest absolute Gasteiger partial charge is 0.452 e. The number of nitrogens with one attached hydrogen (secondary N) is 1. The van der Waals surface area contributed by atoms with Gasteiger partial charge in [0.25, 0.3) is 5.91 Å². The Kier molecular flexibility index (Phi) is 5.72. The van der Waals surface area contributed by atoms with E-state index in [1.807, 2.05) is 43.5 Å². The number of hydrogen-bond donors (Lipinski definition) is 1. The van der Waals surface area contributed by atoms with Crippen molar-refractivity contribution in [2.75, 3.05) is 6.61 Å². The predicted molar refractivity (Wildman–Crippen MR) is 87.0 cm³/mol. The Labute approximate surface area is 134 Å². The van der Waals surface area contributed by atoms with Gasteiger partial charge in [-0.05, 0) is 42.5 Å². The SMILES string of the molecule is CCc1ccc(C(=O)OCC(=O)NC(C)c2cccs2)cc1. The molecular weight excluding hydrogens is 298 g/mol. The van der Waals surface area contributed by atoms with Crippen LogP contribution in [0.5, 0.6) is 0 Å². The van der Waals surface area contributed by atoms with Crippen LogP contribution in [0, 0.1) is 0 Å². The fourth-order valence-electron chi connectivity index (χ4n) is 1.98. The van der Waals surface area contributed by atoms with Crippen LogP contribution >= 0.6 is 11.3 Å². The fourth-order valence-corrected chi connectivity index (χ4v) is 2.72.